The van der Waals surface area contributed by atoms with E-state index < -0.39 is 47.2 Å². The maximum absolute atomic E-state index is 13.0. The molecule has 0 radical (unpaired) electrons. The standard InChI is InChI=1S/C30H30N6O8S/c1-17-6-5-7-19(12-17)14-31-35-11-10-34(30(35)43)29(42)32-22-9-4-3-8-20(22)13-23(38)33-24-26(39)36-25(28(40)41)21(15-44-18(2)37)16-45-27(24)36/h3-9,12,14,24,27H,10-11,13,15-16H2,1-2H3,(H,32,42)(H,33,38)(H,40,41)/b31-14+/t24?,27-/m1/s1. The van der Waals surface area contributed by atoms with Gasteiger partial charge in [0.25, 0.3) is 5.91 Å². The number of carbonyl (C=O) groups excluding carboxylic acids is 5. The van der Waals surface area contributed by atoms with Crippen molar-refractivity contribution in [2.75, 3.05) is 30.8 Å². The topological polar surface area (TPSA) is 178 Å². The van der Waals surface area contributed by atoms with Gasteiger partial charge in [0.15, 0.2) is 0 Å². The molecule has 2 saturated heterocycles. The van der Waals surface area contributed by atoms with Crippen molar-refractivity contribution in [1.29, 1.82) is 0 Å². The Morgan fingerprint density at radius 3 is 2.62 bits per heavy atom. The molecule has 3 N–H and O–H groups in total. The monoisotopic (exact) mass is 634 g/mol. The fraction of sp³-hybridized carbons (Fsp3) is 0.300. The van der Waals surface area contributed by atoms with Crippen LogP contribution in [0.4, 0.5) is 15.3 Å². The molecule has 234 valence electrons. The Hall–Kier alpha value is -5.18. The number of benzene rings is 2. The zero-order valence-corrected chi connectivity index (χ0v) is 25.2. The van der Waals surface area contributed by atoms with Crippen LogP contribution in [0.5, 0.6) is 0 Å². The summed E-state index contributed by atoms with van der Waals surface area (Å²) in [4.78, 5) is 77.1. The second-order valence-corrected chi connectivity index (χ2v) is 11.6. The number of aryl methyl sites for hydroxylation is 1. The molecule has 3 aliphatic rings. The van der Waals surface area contributed by atoms with Gasteiger partial charge in [-0.1, -0.05) is 48.0 Å². The molecule has 6 amide bonds. The largest absolute Gasteiger partial charge is 0.477 e. The highest BCUT2D eigenvalue weighted by atomic mass is 32.2. The number of hydrogen-bond donors (Lipinski definition) is 3. The molecule has 0 aliphatic carbocycles. The van der Waals surface area contributed by atoms with Gasteiger partial charge in [0.1, 0.15) is 23.7 Å². The van der Waals surface area contributed by atoms with E-state index in [1.807, 2.05) is 31.2 Å². The van der Waals surface area contributed by atoms with Crippen molar-refractivity contribution >= 4 is 59.5 Å². The summed E-state index contributed by atoms with van der Waals surface area (Å²) in [6, 6.07) is 12.0. The molecule has 45 heavy (non-hydrogen) atoms. The number of nitrogens with one attached hydrogen (secondary N) is 2. The number of imide groups is 1. The van der Waals surface area contributed by atoms with Crippen LogP contribution in [0.25, 0.3) is 0 Å². The van der Waals surface area contributed by atoms with Gasteiger partial charge in [0, 0.05) is 23.9 Å². The van der Waals surface area contributed by atoms with Crippen molar-refractivity contribution in [3.8, 4) is 0 Å². The number of anilines is 1. The molecule has 5 rings (SSSR count). The second kappa shape index (κ2) is 13.2. The molecular weight excluding hydrogens is 604 g/mol. The van der Waals surface area contributed by atoms with E-state index >= 15 is 0 Å². The van der Waals surface area contributed by atoms with E-state index in [9.17, 15) is 33.9 Å². The maximum Gasteiger partial charge on any atom is 0.352 e. The van der Waals surface area contributed by atoms with Crippen LogP contribution in [-0.2, 0) is 30.3 Å². The normalized spacial score (nSPS) is 19.4. The molecule has 3 aliphatic heterocycles. The Labute approximate surface area is 262 Å². The number of amides is 6. The summed E-state index contributed by atoms with van der Waals surface area (Å²) in [5, 5.41) is 19.9. The molecule has 0 spiro atoms. The quantitative estimate of drug-likeness (QED) is 0.212. The molecule has 0 saturated carbocycles. The van der Waals surface area contributed by atoms with E-state index in [1.165, 1.54) is 23.7 Å². The average molecular weight is 635 g/mol. The van der Waals surface area contributed by atoms with Crippen molar-refractivity contribution in [2.24, 2.45) is 5.10 Å². The zero-order chi connectivity index (χ0) is 32.2. The molecular formula is C30H30N6O8S. The van der Waals surface area contributed by atoms with Gasteiger partial charge in [-0.15, -0.1) is 11.8 Å². The minimum absolute atomic E-state index is 0.118. The summed E-state index contributed by atoms with van der Waals surface area (Å²) in [5.74, 6) is -2.82. The fourth-order valence-corrected chi connectivity index (χ4v) is 6.39. The first-order valence-corrected chi connectivity index (χ1v) is 15.0. The number of β-lactam (4-membered cyclic amide) rings is 1. The molecule has 0 aromatic heterocycles. The first-order chi connectivity index (χ1) is 21.5. The highest BCUT2D eigenvalue weighted by Gasteiger charge is 2.54. The Morgan fingerprint density at radius 1 is 1.11 bits per heavy atom. The van der Waals surface area contributed by atoms with E-state index in [2.05, 4.69) is 15.7 Å². The number of rotatable bonds is 9. The number of fused-ring (bicyclic) bond motifs is 1. The SMILES string of the molecule is CC(=O)OCC1=C(C(=O)O)N2C(=O)C(NC(=O)Cc3ccccc3NC(=O)N3CCN(/N=C/c4cccc(C)c4)C3=O)[C@H]2SC1. The average Bonchev–Trinajstić information content (AvgIpc) is 3.38. The third-order valence-corrected chi connectivity index (χ3v) is 8.59. The van der Waals surface area contributed by atoms with Crippen LogP contribution in [0.2, 0.25) is 0 Å². The number of nitrogens with zero attached hydrogens (tertiary/aromatic N) is 4. The Morgan fingerprint density at radius 2 is 1.89 bits per heavy atom. The Bertz CT molecular complexity index is 1640. The van der Waals surface area contributed by atoms with E-state index in [-0.39, 0.29) is 37.6 Å². The van der Waals surface area contributed by atoms with Crippen molar-refractivity contribution in [1.82, 2.24) is 20.1 Å². The van der Waals surface area contributed by atoms with Gasteiger partial charge in [-0.05, 0) is 24.1 Å². The lowest BCUT2D eigenvalue weighted by atomic mass is 10.0. The molecule has 2 aromatic carbocycles. The number of aliphatic carboxylic acids is 1. The van der Waals surface area contributed by atoms with Crippen LogP contribution in [-0.4, -0.2) is 98.8 Å². The fourth-order valence-electron chi connectivity index (χ4n) is 5.07. The number of ether oxygens (including phenoxy) is 1. The van der Waals surface area contributed by atoms with Gasteiger partial charge in [0.2, 0.25) is 5.91 Å². The summed E-state index contributed by atoms with van der Waals surface area (Å²) in [5.41, 5.74) is 2.66. The molecule has 1 unspecified atom stereocenters. The van der Waals surface area contributed by atoms with E-state index in [0.717, 1.165) is 20.9 Å². The van der Waals surface area contributed by atoms with Crippen molar-refractivity contribution in [3.63, 3.8) is 0 Å². The number of urea groups is 2. The number of carbonyl (C=O) groups is 6. The Balaban J connectivity index is 1.19. The predicted molar refractivity (Wildman–Crippen MR) is 163 cm³/mol. The zero-order valence-electron chi connectivity index (χ0n) is 24.4. The molecule has 14 nitrogen and oxygen atoms in total. The smallest absolute Gasteiger partial charge is 0.352 e. The first kappa shape index (κ1) is 31.3. The number of esters is 1. The van der Waals surface area contributed by atoms with Crippen LogP contribution in [0.15, 0.2) is 64.9 Å². The number of hydrazone groups is 1. The molecule has 3 heterocycles. The lowest BCUT2D eigenvalue weighted by molar-refractivity contribution is -0.151. The number of thioether (sulfide) groups is 1. The molecule has 0 bridgehead atoms. The molecule has 15 heteroatoms. The van der Waals surface area contributed by atoms with Crippen LogP contribution in [0, 0.1) is 6.92 Å². The predicted octanol–water partition coefficient (Wildman–Crippen LogP) is 2.14. The summed E-state index contributed by atoms with van der Waals surface area (Å²) in [7, 11) is 0. The minimum atomic E-state index is -1.33. The lowest BCUT2D eigenvalue weighted by Gasteiger charge is -2.49. The summed E-state index contributed by atoms with van der Waals surface area (Å²) in [6.07, 6.45) is 1.36. The third kappa shape index (κ3) is 6.82. The van der Waals surface area contributed by atoms with Crippen molar-refractivity contribution < 1.29 is 38.6 Å². The second-order valence-electron chi connectivity index (χ2n) is 10.5. The maximum atomic E-state index is 13.0. The van der Waals surface area contributed by atoms with Gasteiger partial charge in [-0.2, -0.15) is 5.10 Å². The number of carboxylic acid groups (broad SMARTS) is 1. The highest BCUT2D eigenvalue weighted by Crippen LogP contribution is 2.40. The lowest BCUT2D eigenvalue weighted by Crippen LogP contribution is -2.70. The van der Waals surface area contributed by atoms with E-state index in [4.69, 9.17) is 4.74 Å². The van der Waals surface area contributed by atoms with Crippen LogP contribution >= 0.6 is 11.8 Å². The van der Waals surface area contributed by atoms with E-state index in [0.29, 0.717) is 16.8 Å². The minimum Gasteiger partial charge on any atom is -0.477 e. The molecule has 2 fully saturated rings. The number of para-hydroxylation sites is 1. The number of carboxylic acids is 1. The van der Waals surface area contributed by atoms with Crippen molar-refractivity contribution in [2.45, 2.75) is 31.7 Å². The van der Waals surface area contributed by atoms with Crippen molar-refractivity contribution in [3.05, 3.63) is 76.5 Å². The highest BCUT2D eigenvalue weighted by molar-refractivity contribution is 8.00. The van der Waals surface area contributed by atoms with Gasteiger partial charge < -0.3 is 20.5 Å². The van der Waals surface area contributed by atoms with Crippen LogP contribution in [0.3, 0.4) is 0 Å². The summed E-state index contributed by atoms with van der Waals surface area (Å²) < 4.78 is 4.93. The van der Waals surface area contributed by atoms with Gasteiger partial charge in [0.05, 0.1) is 25.7 Å². The third-order valence-electron chi connectivity index (χ3n) is 7.25. The number of hydrogen-bond acceptors (Lipinski definition) is 9. The van der Waals surface area contributed by atoms with Gasteiger partial charge in [-0.25, -0.2) is 24.3 Å². The summed E-state index contributed by atoms with van der Waals surface area (Å²) >= 11 is 1.25. The Kier molecular flexibility index (Phi) is 9.18. The van der Waals surface area contributed by atoms with E-state index in [1.54, 1.807) is 30.5 Å². The molecule has 2 aromatic rings. The van der Waals surface area contributed by atoms with Crippen LogP contribution in [0.1, 0.15) is 23.6 Å². The van der Waals surface area contributed by atoms with Gasteiger partial charge >= 0.3 is 24.0 Å². The van der Waals surface area contributed by atoms with Crippen LogP contribution < -0.4 is 10.6 Å². The molecule has 2 atom stereocenters. The first-order valence-electron chi connectivity index (χ1n) is 13.9. The summed E-state index contributed by atoms with van der Waals surface area (Å²) in [6.45, 7) is 3.23. The van der Waals surface area contributed by atoms with Gasteiger partial charge in [-0.3, -0.25) is 19.3 Å².